The van der Waals surface area contributed by atoms with Crippen LogP contribution in [0.5, 0.6) is 5.75 Å². The van der Waals surface area contributed by atoms with Crippen LogP contribution in [0.3, 0.4) is 0 Å². The second kappa shape index (κ2) is 8.56. The van der Waals surface area contributed by atoms with Crippen LogP contribution in [0.25, 0.3) is 0 Å². The minimum absolute atomic E-state index is 0.0924. The minimum atomic E-state index is -0.357. The fourth-order valence-corrected chi connectivity index (χ4v) is 2.99. The normalized spacial score (nSPS) is 15.8. The predicted molar refractivity (Wildman–Crippen MR) is 89.2 cm³/mol. The maximum Gasteiger partial charge on any atom is 0.224 e. The molecule has 1 fully saturated rings. The number of hydrogen-bond donors (Lipinski definition) is 1. The molecule has 0 saturated carbocycles. The molecule has 1 unspecified atom stereocenters. The lowest BCUT2D eigenvalue weighted by Crippen LogP contribution is -2.38. The molecule has 2 rings (SSSR count). The van der Waals surface area contributed by atoms with Crippen LogP contribution in [0.1, 0.15) is 51.1 Å². The van der Waals surface area contributed by atoms with Crippen molar-refractivity contribution < 1.29 is 14.3 Å². The molecule has 1 atom stereocenters. The van der Waals surface area contributed by atoms with E-state index in [1.165, 1.54) is 13.3 Å². The lowest BCUT2D eigenvalue weighted by Gasteiger charge is -2.29. The average Bonchev–Trinajstić information content (AvgIpc) is 2.55. The number of para-hydroxylation sites is 1. The van der Waals surface area contributed by atoms with Gasteiger partial charge in [-0.1, -0.05) is 18.2 Å². The summed E-state index contributed by atoms with van der Waals surface area (Å²) in [6.07, 6.45) is 3.58. The summed E-state index contributed by atoms with van der Waals surface area (Å²) in [4.78, 5) is 26.0. The van der Waals surface area contributed by atoms with E-state index < -0.39 is 0 Å². The average molecular weight is 318 g/mol. The molecule has 23 heavy (non-hydrogen) atoms. The van der Waals surface area contributed by atoms with E-state index in [1.807, 2.05) is 36.1 Å². The van der Waals surface area contributed by atoms with Crippen LogP contribution in [-0.2, 0) is 9.59 Å². The van der Waals surface area contributed by atoms with Gasteiger partial charge in [-0.3, -0.25) is 9.59 Å². The number of amides is 2. The maximum atomic E-state index is 12.6. The van der Waals surface area contributed by atoms with E-state index in [4.69, 9.17) is 4.74 Å². The van der Waals surface area contributed by atoms with E-state index in [9.17, 15) is 9.59 Å². The molecule has 1 aliphatic heterocycles. The first-order valence-electron chi connectivity index (χ1n) is 8.38. The Morgan fingerprint density at radius 2 is 1.91 bits per heavy atom. The number of nitrogens with zero attached hydrogens (tertiary/aromatic N) is 1. The van der Waals surface area contributed by atoms with E-state index in [1.54, 1.807) is 0 Å². The van der Waals surface area contributed by atoms with Crippen molar-refractivity contribution in [3.8, 4) is 5.75 Å². The van der Waals surface area contributed by atoms with E-state index in [0.717, 1.165) is 37.2 Å². The van der Waals surface area contributed by atoms with Crippen molar-refractivity contribution in [3.05, 3.63) is 29.8 Å². The Bertz CT molecular complexity index is 539. The van der Waals surface area contributed by atoms with E-state index >= 15 is 0 Å². The molecule has 0 bridgehead atoms. The number of carbonyl (C=O) groups is 2. The van der Waals surface area contributed by atoms with Crippen molar-refractivity contribution >= 4 is 11.8 Å². The number of hydrogen-bond acceptors (Lipinski definition) is 3. The summed E-state index contributed by atoms with van der Waals surface area (Å²) >= 11 is 0. The molecule has 0 radical (unpaired) electrons. The highest BCUT2D eigenvalue weighted by atomic mass is 16.5. The third-order valence-corrected chi connectivity index (χ3v) is 4.06. The molecule has 1 N–H and O–H groups in total. The van der Waals surface area contributed by atoms with Gasteiger partial charge in [0.2, 0.25) is 11.8 Å². The minimum Gasteiger partial charge on any atom is -0.494 e. The van der Waals surface area contributed by atoms with Crippen molar-refractivity contribution in [3.63, 3.8) is 0 Å². The molecule has 0 spiro atoms. The number of benzene rings is 1. The lowest BCUT2D eigenvalue weighted by molar-refractivity contribution is -0.132. The first-order chi connectivity index (χ1) is 11.1. The molecule has 5 heteroatoms. The zero-order valence-corrected chi connectivity index (χ0v) is 14.0. The SMILES string of the molecule is CCOc1ccccc1C(CC(=O)N1CCCCC1)NC(C)=O. The number of nitrogens with one attached hydrogen (secondary N) is 1. The Morgan fingerprint density at radius 3 is 2.57 bits per heavy atom. The molecule has 126 valence electrons. The van der Waals surface area contributed by atoms with Crippen LogP contribution in [-0.4, -0.2) is 36.4 Å². The van der Waals surface area contributed by atoms with Crippen LogP contribution >= 0.6 is 0 Å². The van der Waals surface area contributed by atoms with Gasteiger partial charge in [0.05, 0.1) is 19.1 Å². The highest BCUT2D eigenvalue weighted by Crippen LogP contribution is 2.28. The van der Waals surface area contributed by atoms with Gasteiger partial charge in [0.1, 0.15) is 5.75 Å². The van der Waals surface area contributed by atoms with Crippen LogP contribution < -0.4 is 10.1 Å². The largest absolute Gasteiger partial charge is 0.494 e. The van der Waals surface area contributed by atoms with Crippen LogP contribution in [0, 0.1) is 0 Å². The van der Waals surface area contributed by atoms with E-state index in [-0.39, 0.29) is 24.3 Å². The van der Waals surface area contributed by atoms with Crippen molar-refractivity contribution in [1.29, 1.82) is 0 Å². The molecule has 1 saturated heterocycles. The second-order valence-electron chi connectivity index (χ2n) is 5.87. The summed E-state index contributed by atoms with van der Waals surface area (Å²) < 4.78 is 5.65. The van der Waals surface area contributed by atoms with Gasteiger partial charge < -0.3 is 15.0 Å². The monoisotopic (exact) mass is 318 g/mol. The Kier molecular flexibility index (Phi) is 6.44. The van der Waals surface area contributed by atoms with Crippen LogP contribution in [0.2, 0.25) is 0 Å². The van der Waals surface area contributed by atoms with Crippen LogP contribution in [0.4, 0.5) is 0 Å². The van der Waals surface area contributed by atoms with E-state index in [0.29, 0.717) is 6.61 Å². The van der Waals surface area contributed by atoms with Crippen molar-refractivity contribution in [2.24, 2.45) is 0 Å². The zero-order valence-electron chi connectivity index (χ0n) is 14.0. The zero-order chi connectivity index (χ0) is 16.7. The molecular weight excluding hydrogens is 292 g/mol. The molecule has 5 nitrogen and oxygen atoms in total. The van der Waals surface area contributed by atoms with Gasteiger partial charge in [-0.05, 0) is 32.3 Å². The first-order valence-corrected chi connectivity index (χ1v) is 8.38. The number of piperidine rings is 1. The number of ether oxygens (including phenoxy) is 1. The molecule has 1 aliphatic rings. The number of carbonyl (C=O) groups excluding carboxylic acids is 2. The number of rotatable bonds is 6. The molecule has 2 amide bonds. The maximum absolute atomic E-state index is 12.6. The highest BCUT2D eigenvalue weighted by molar-refractivity contribution is 5.79. The van der Waals surface area contributed by atoms with Crippen molar-refractivity contribution in [2.75, 3.05) is 19.7 Å². The molecule has 0 aliphatic carbocycles. The predicted octanol–water partition coefficient (Wildman–Crippen LogP) is 2.67. The van der Waals surface area contributed by atoms with Crippen molar-refractivity contribution in [2.45, 2.75) is 45.6 Å². The quantitative estimate of drug-likeness (QED) is 0.877. The van der Waals surface area contributed by atoms with Gasteiger partial charge in [0, 0.05) is 25.6 Å². The van der Waals surface area contributed by atoms with Gasteiger partial charge in [-0.25, -0.2) is 0 Å². The van der Waals surface area contributed by atoms with Gasteiger partial charge in [0.15, 0.2) is 0 Å². The summed E-state index contributed by atoms with van der Waals surface area (Å²) in [5, 5.41) is 2.90. The first kappa shape index (κ1) is 17.3. The molecule has 1 heterocycles. The molecule has 1 aromatic rings. The smallest absolute Gasteiger partial charge is 0.224 e. The highest BCUT2D eigenvalue weighted by Gasteiger charge is 2.24. The number of likely N-dealkylation sites (tertiary alicyclic amines) is 1. The fourth-order valence-electron chi connectivity index (χ4n) is 2.99. The standard InChI is InChI=1S/C18H26N2O3/c1-3-23-17-10-6-5-9-15(17)16(19-14(2)21)13-18(22)20-11-7-4-8-12-20/h5-6,9-10,16H,3-4,7-8,11-13H2,1-2H3,(H,19,21). The van der Waals surface area contributed by atoms with Gasteiger partial charge in [-0.15, -0.1) is 0 Å². The summed E-state index contributed by atoms with van der Waals surface area (Å²) in [5.41, 5.74) is 0.856. The Labute approximate surface area is 138 Å². The summed E-state index contributed by atoms with van der Waals surface area (Å²) in [5.74, 6) is 0.669. The van der Waals surface area contributed by atoms with E-state index in [2.05, 4.69) is 5.32 Å². The fraction of sp³-hybridized carbons (Fsp3) is 0.556. The Hall–Kier alpha value is -2.04. The Morgan fingerprint density at radius 1 is 1.22 bits per heavy atom. The second-order valence-corrected chi connectivity index (χ2v) is 5.87. The Balaban J connectivity index is 2.16. The summed E-state index contributed by atoms with van der Waals surface area (Å²) in [6, 6.07) is 7.22. The summed E-state index contributed by atoms with van der Waals surface area (Å²) in [6.45, 7) is 5.58. The van der Waals surface area contributed by atoms with Crippen molar-refractivity contribution in [1.82, 2.24) is 10.2 Å². The lowest BCUT2D eigenvalue weighted by atomic mass is 10.0. The van der Waals surface area contributed by atoms with Crippen LogP contribution in [0.15, 0.2) is 24.3 Å². The molecular formula is C18H26N2O3. The van der Waals surface area contributed by atoms with Gasteiger partial charge >= 0.3 is 0 Å². The third-order valence-electron chi connectivity index (χ3n) is 4.06. The molecule has 0 aromatic heterocycles. The summed E-state index contributed by atoms with van der Waals surface area (Å²) in [7, 11) is 0. The topological polar surface area (TPSA) is 58.6 Å². The third kappa shape index (κ3) is 4.98. The van der Waals surface area contributed by atoms with Gasteiger partial charge in [0.25, 0.3) is 0 Å². The molecule has 1 aromatic carbocycles. The van der Waals surface area contributed by atoms with Gasteiger partial charge in [-0.2, -0.15) is 0 Å².